The summed E-state index contributed by atoms with van der Waals surface area (Å²) < 4.78 is 0.691. The zero-order chi connectivity index (χ0) is 14.3. The van der Waals surface area contributed by atoms with Gasteiger partial charge >= 0.3 is 0 Å². The average Bonchev–Trinajstić information content (AvgIpc) is 3.18. The second kappa shape index (κ2) is 5.01. The molecule has 1 aromatic carbocycles. The number of benzene rings is 1. The van der Waals surface area contributed by atoms with Crippen molar-refractivity contribution in [3.63, 3.8) is 0 Å². The van der Waals surface area contributed by atoms with Gasteiger partial charge < -0.3 is 10.2 Å². The quantitative estimate of drug-likeness (QED) is 0.850. The number of para-hydroxylation sites is 1. The Bertz CT molecular complexity index is 610. The van der Waals surface area contributed by atoms with Gasteiger partial charge in [-0.15, -0.1) is 0 Å². The lowest BCUT2D eigenvalue weighted by Crippen LogP contribution is -2.35. The fraction of sp³-hybridized carbons (Fsp3) is 0.357. The van der Waals surface area contributed by atoms with Crippen molar-refractivity contribution < 1.29 is 14.4 Å². The Morgan fingerprint density at radius 2 is 2.10 bits per heavy atom. The van der Waals surface area contributed by atoms with E-state index in [0.717, 1.165) is 12.8 Å². The normalized spacial score (nSPS) is 17.4. The summed E-state index contributed by atoms with van der Waals surface area (Å²) in [4.78, 5) is 36.9. The van der Waals surface area contributed by atoms with Crippen molar-refractivity contribution in [1.82, 2.24) is 5.32 Å². The first-order chi connectivity index (χ1) is 9.58. The predicted octanol–water partition coefficient (Wildman–Crippen LogP) is 1.65. The third kappa shape index (κ3) is 2.35. The number of Topliss-reactive ketones (excluding diaryl/α,β-unsaturated/α-hetero) is 1. The molecule has 3 rings (SSSR count). The Morgan fingerprint density at radius 3 is 2.80 bits per heavy atom. The van der Waals surface area contributed by atoms with Crippen molar-refractivity contribution in [2.75, 3.05) is 11.4 Å². The second-order valence-electron chi connectivity index (χ2n) is 5.01. The van der Waals surface area contributed by atoms with Gasteiger partial charge in [0.05, 0.1) is 11.3 Å². The molecule has 104 valence electrons. The number of fused-ring (bicyclic) bond motifs is 1. The van der Waals surface area contributed by atoms with Crippen LogP contribution in [0.2, 0.25) is 0 Å². The molecule has 0 unspecified atom stereocenters. The van der Waals surface area contributed by atoms with Crippen LogP contribution >= 0.6 is 15.9 Å². The molecule has 2 amide bonds. The highest BCUT2D eigenvalue weighted by atomic mass is 79.9. The average molecular weight is 337 g/mol. The van der Waals surface area contributed by atoms with Gasteiger partial charge in [-0.25, -0.2) is 0 Å². The molecule has 1 heterocycles. The number of carbonyl (C=O) groups is 3. The lowest BCUT2D eigenvalue weighted by atomic mass is 10.1. The fourth-order valence-electron chi connectivity index (χ4n) is 2.27. The monoisotopic (exact) mass is 336 g/mol. The number of rotatable bonds is 4. The molecule has 0 saturated heterocycles. The number of anilines is 1. The molecule has 0 aromatic heterocycles. The Kier molecular flexibility index (Phi) is 3.33. The van der Waals surface area contributed by atoms with E-state index in [1.165, 1.54) is 4.90 Å². The summed E-state index contributed by atoms with van der Waals surface area (Å²) in [5.41, 5.74) is 0.966. The Morgan fingerprint density at radius 1 is 1.35 bits per heavy atom. The molecule has 0 bridgehead atoms. The molecular formula is C14H13BrN2O3. The van der Waals surface area contributed by atoms with Gasteiger partial charge in [-0.2, -0.15) is 0 Å². The van der Waals surface area contributed by atoms with Gasteiger partial charge in [0.1, 0.15) is 0 Å². The molecule has 1 fully saturated rings. The maximum absolute atomic E-state index is 12.0. The minimum Gasteiger partial charge on any atom is -0.353 e. The first-order valence-electron chi connectivity index (χ1n) is 6.52. The summed E-state index contributed by atoms with van der Waals surface area (Å²) in [6, 6.07) is 5.43. The van der Waals surface area contributed by atoms with E-state index in [2.05, 4.69) is 21.2 Å². The Hall–Kier alpha value is -1.69. The lowest BCUT2D eigenvalue weighted by Gasteiger charge is -2.17. The van der Waals surface area contributed by atoms with E-state index in [1.807, 2.05) is 0 Å². The number of carbonyl (C=O) groups excluding carboxylic acids is 3. The highest BCUT2D eigenvalue weighted by Crippen LogP contribution is 2.35. The van der Waals surface area contributed by atoms with E-state index in [0.29, 0.717) is 21.8 Å². The minimum absolute atomic E-state index is 0.0757. The van der Waals surface area contributed by atoms with Crippen LogP contribution in [0.25, 0.3) is 0 Å². The van der Waals surface area contributed by atoms with Crippen LogP contribution < -0.4 is 10.2 Å². The van der Waals surface area contributed by atoms with Crippen molar-refractivity contribution in [2.45, 2.75) is 25.3 Å². The van der Waals surface area contributed by atoms with Gasteiger partial charge in [0.2, 0.25) is 5.91 Å². The van der Waals surface area contributed by atoms with Crippen LogP contribution in [0.15, 0.2) is 22.7 Å². The first-order valence-corrected chi connectivity index (χ1v) is 7.31. The zero-order valence-electron chi connectivity index (χ0n) is 10.7. The van der Waals surface area contributed by atoms with Crippen LogP contribution in [-0.2, 0) is 9.59 Å². The molecule has 1 saturated carbocycles. The van der Waals surface area contributed by atoms with Gasteiger partial charge in [-0.1, -0.05) is 6.07 Å². The van der Waals surface area contributed by atoms with E-state index >= 15 is 0 Å². The van der Waals surface area contributed by atoms with Gasteiger partial charge in [-0.05, 0) is 40.9 Å². The van der Waals surface area contributed by atoms with Crippen LogP contribution in [-0.4, -0.2) is 30.2 Å². The molecule has 20 heavy (non-hydrogen) atoms. The molecule has 1 aliphatic heterocycles. The summed E-state index contributed by atoms with van der Waals surface area (Å²) in [5, 5.41) is 2.87. The highest BCUT2D eigenvalue weighted by molar-refractivity contribution is 9.10. The Balaban J connectivity index is 1.75. The lowest BCUT2D eigenvalue weighted by molar-refractivity contribution is -0.121. The van der Waals surface area contributed by atoms with Gasteiger partial charge in [0, 0.05) is 23.5 Å². The van der Waals surface area contributed by atoms with E-state index < -0.39 is 11.7 Å². The van der Waals surface area contributed by atoms with Gasteiger partial charge in [0.25, 0.3) is 11.7 Å². The first kappa shape index (κ1) is 13.3. The third-order valence-corrected chi connectivity index (χ3v) is 4.09. The van der Waals surface area contributed by atoms with E-state index in [-0.39, 0.29) is 18.9 Å². The van der Waals surface area contributed by atoms with Crippen LogP contribution in [0.1, 0.15) is 29.6 Å². The Labute approximate surface area is 124 Å². The molecule has 6 heteroatoms. The van der Waals surface area contributed by atoms with E-state index in [4.69, 9.17) is 0 Å². The minimum atomic E-state index is -0.564. The van der Waals surface area contributed by atoms with Crippen molar-refractivity contribution in [3.8, 4) is 0 Å². The summed E-state index contributed by atoms with van der Waals surface area (Å²) in [6.45, 7) is 0.221. The van der Waals surface area contributed by atoms with Crippen LogP contribution in [0.5, 0.6) is 0 Å². The molecule has 0 radical (unpaired) electrons. The standard InChI is InChI=1S/C14H13BrN2O3/c15-10-3-1-2-9-12(10)17(14(20)13(9)19)7-6-11(18)16-8-4-5-8/h1-3,8H,4-7H2,(H,16,18). The van der Waals surface area contributed by atoms with Crippen LogP contribution in [0.4, 0.5) is 5.69 Å². The number of hydrogen-bond donors (Lipinski definition) is 1. The number of nitrogens with one attached hydrogen (secondary N) is 1. The molecule has 0 spiro atoms. The predicted molar refractivity (Wildman–Crippen MR) is 76.6 cm³/mol. The molecule has 2 aliphatic rings. The second-order valence-corrected chi connectivity index (χ2v) is 5.87. The summed E-state index contributed by atoms with van der Waals surface area (Å²) in [5.74, 6) is -1.15. The van der Waals surface area contributed by atoms with Crippen LogP contribution in [0, 0.1) is 0 Å². The van der Waals surface area contributed by atoms with E-state index in [1.54, 1.807) is 18.2 Å². The van der Waals surface area contributed by atoms with E-state index in [9.17, 15) is 14.4 Å². The third-order valence-electron chi connectivity index (χ3n) is 3.45. The fourth-order valence-corrected chi connectivity index (χ4v) is 2.85. The molecule has 1 aliphatic carbocycles. The summed E-state index contributed by atoms with van der Waals surface area (Å²) in [6.07, 6.45) is 2.26. The smallest absolute Gasteiger partial charge is 0.299 e. The van der Waals surface area contributed by atoms with Crippen molar-refractivity contribution >= 4 is 39.2 Å². The molecule has 1 aromatic rings. The maximum Gasteiger partial charge on any atom is 0.299 e. The number of nitrogens with zero attached hydrogens (tertiary/aromatic N) is 1. The van der Waals surface area contributed by atoms with Gasteiger partial charge in [0.15, 0.2) is 0 Å². The van der Waals surface area contributed by atoms with Crippen molar-refractivity contribution in [3.05, 3.63) is 28.2 Å². The molecule has 1 N–H and O–H groups in total. The van der Waals surface area contributed by atoms with Crippen LogP contribution in [0.3, 0.4) is 0 Å². The van der Waals surface area contributed by atoms with Crippen molar-refractivity contribution in [2.24, 2.45) is 0 Å². The number of hydrogen-bond acceptors (Lipinski definition) is 3. The number of halogens is 1. The molecular weight excluding hydrogens is 324 g/mol. The van der Waals surface area contributed by atoms with Gasteiger partial charge in [-0.3, -0.25) is 14.4 Å². The largest absolute Gasteiger partial charge is 0.353 e. The van der Waals surface area contributed by atoms with Crippen molar-refractivity contribution in [1.29, 1.82) is 0 Å². The molecule has 5 nitrogen and oxygen atoms in total. The number of ketones is 1. The summed E-state index contributed by atoms with van der Waals surface area (Å²) in [7, 11) is 0. The molecule has 0 atom stereocenters. The topological polar surface area (TPSA) is 66.5 Å². The zero-order valence-corrected chi connectivity index (χ0v) is 12.3. The SMILES string of the molecule is O=C(CCN1C(=O)C(=O)c2cccc(Br)c21)NC1CC1. The maximum atomic E-state index is 12.0. The highest BCUT2D eigenvalue weighted by Gasteiger charge is 2.37. The summed E-state index contributed by atoms with van der Waals surface area (Å²) >= 11 is 3.35. The number of amides is 2.